The number of aromatic nitrogens is 2. The summed E-state index contributed by atoms with van der Waals surface area (Å²) in [5.41, 5.74) is 2.09. The summed E-state index contributed by atoms with van der Waals surface area (Å²) in [6.45, 7) is 8.78. The van der Waals surface area contributed by atoms with Crippen molar-refractivity contribution in [3.63, 3.8) is 0 Å². The van der Waals surface area contributed by atoms with Crippen molar-refractivity contribution < 1.29 is 5.11 Å². The molecule has 5 nitrogen and oxygen atoms in total. The maximum Gasteiger partial charge on any atom is 0.143 e. The Kier molecular flexibility index (Phi) is 5.99. The zero-order valence-corrected chi connectivity index (χ0v) is 15.6. The van der Waals surface area contributed by atoms with Crippen molar-refractivity contribution in [3.8, 4) is 0 Å². The number of piperidine rings is 1. The van der Waals surface area contributed by atoms with E-state index in [-0.39, 0.29) is 6.10 Å². The summed E-state index contributed by atoms with van der Waals surface area (Å²) >= 11 is 0. The predicted molar refractivity (Wildman–Crippen MR) is 101 cm³/mol. The van der Waals surface area contributed by atoms with E-state index >= 15 is 0 Å². The van der Waals surface area contributed by atoms with Crippen LogP contribution in [0.4, 0.5) is 0 Å². The maximum absolute atomic E-state index is 9.51. The zero-order valence-electron chi connectivity index (χ0n) is 15.6. The highest BCUT2D eigenvalue weighted by Crippen LogP contribution is 2.19. The molecular weight excluding hydrogens is 312 g/mol. The van der Waals surface area contributed by atoms with Crippen LogP contribution in [-0.4, -0.2) is 64.2 Å². The zero-order chi connectivity index (χ0) is 17.8. The molecule has 1 aromatic heterocycles. The number of rotatable bonds is 6. The average Bonchev–Trinajstić information content (AvgIpc) is 2.56. The first-order valence-electron chi connectivity index (χ1n) is 9.32. The number of aryl methyl sites for hydroxylation is 1. The van der Waals surface area contributed by atoms with Crippen molar-refractivity contribution in [1.82, 2.24) is 19.8 Å². The summed E-state index contributed by atoms with van der Waals surface area (Å²) < 4.78 is 0. The quantitative estimate of drug-likeness (QED) is 0.874. The highest BCUT2D eigenvalue weighted by atomic mass is 16.3. The highest BCUT2D eigenvalue weighted by Gasteiger charge is 2.21. The number of β-amino-alcohol motifs (C(OH)–C–C–N with tert-alkyl or cyclic N) is 1. The second-order valence-corrected chi connectivity index (χ2v) is 7.53. The Labute approximate surface area is 150 Å². The van der Waals surface area contributed by atoms with Gasteiger partial charge in [0.05, 0.1) is 18.2 Å². The summed E-state index contributed by atoms with van der Waals surface area (Å²) in [7, 11) is 2.16. The molecular formula is C20H30N4O. The third-order valence-corrected chi connectivity index (χ3v) is 5.05. The largest absolute Gasteiger partial charge is 0.392 e. The van der Waals surface area contributed by atoms with E-state index in [4.69, 9.17) is 9.97 Å². The van der Waals surface area contributed by atoms with Crippen molar-refractivity contribution in [1.29, 1.82) is 0 Å². The van der Waals surface area contributed by atoms with Gasteiger partial charge < -0.3 is 10.0 Å². The van der Waals surface area contributed by atoms with Gasteiger partial charge in [0.25, 0.3) is 0 Å². The molecule has 1 N–H and O–H groups in total. The minimum absolute atomic E-state index is 0.229. The van der Waals surface area contributed by atoms with Gasteiger partial charge in [-0.2, -0.15) is 0 Å². The lowest BCUT2D eigenvalue weighted by atomic mass is 9.96. The van der Waals surface area contributed by atoms with Crippen molar-refractivity contribution in [2.45, 2.75) is 39.3 Å². The molecule has 2 heterocycles. The maximum atomic E-state index is 9.51. The Morgan fingerprint density at radius 1 is 1.24 bits per heavy atom. The lowest BCUT2D eigenvalue weighted by Gasteiger charge is -2.34. The first-order chi connectivity index (χ1) is 12.0. The topological polar surface area (TPSA) is 52.5 Å². The Balaban J connectivity index is 1.54. The molecule has 0 aliphatic carbocycles. The number of fused-ring (bicyclic) bond motifs is 1. The molecule has 1 fully saturated rings. The van der Waals surface area contributed by atoms with Crippen LogP contribution in [-0.2, 0) is 6.54 Å². The molecule has 2 aromatic rings. The molecule has 5 heteroatoms. The van der Waals surface area contributed by atoms with E-state index in [1.54, 1.807) is 0 Å². The van der Waals surface area contributed by atoms with E-state index < -0.39 is 0 Å². The average molecular weight is 342 g/mol. The van der Waals surface area contributed by atoms with Crippen molar-refractivity contribution in [3.05, 3.63) is 35.8 Å². The molecule has 0 bridgehead atoms. The molecule has 1 aliphatic heterocycles. The van der Waals surface area contributed by atoms with Gasteiger partial charge in [0.2, 0.25) is 0 Å². The third-order valence-electron chi connectivity index (χ3n) is 5.05. The minimum atomic E-state index is -0.229. The van der Waals surface area contributed by atoms with Crippen LogP contribution in [0.3, 0.4) is 0 Å². The van der Waals surface area contributed by atoms with Crippen LogP contribution >= 0.6 is 0 Å². The summed E-state index contributed by atoms with van der Waals surface area (Å²) in [5.74, 6) is 1.63. The molecule has 1 atom stereocenters. The summed E-state index contributed by atoms with van der Waals surface area (Å²) in [5, 5.41) is 10.7. The van der Waals surface area contributed by atoms with E-state index in [2.05, 4.69) is 35.9 Å². The van der Waals surface area contributed by atoms with Gasteiger partial charge in [-0.3, -0.25) is 4.90 Å². The molecule has 1 unspecified atom stereocenters. The van der Waals surface area contributed by atoms with E-state index in [0.717, 1.165) is 61.1 Å². The number of benzene rings is 1. The minimum Gasteiger partial charge on any atom is -0.392 e. The molecule has 25 heavy (non-hydrogen) atoms. The van der Waals surface area contributed by atoms with Crippen LogP contribution in [0.5, 0.6) is 0 Å². The van der Waals surface area contributed by atoms with E-state index in [1.807, 2.05) is 19.1 Å². The lowest BCUT2D eigenvalue weighted by molar-refractivity contribution is 0.0917. The van der Waals surface area contributed by atoms with Gasteiger partial charge in [-0.25, -0.2) is 9.97 Å². The van der Waals surface area contributed by atoms with Gasteiger partial charge in [-0.1, -0.05) is 18.2 Å². The number of aliphatic hydroxyl groups excluding tert-OH is 1. The van der Waals surface area contributed by atoms with Gasteiger partial charge in [0.15, 0.2) is 0 Å². The molecule has 1 aliphatic rings. The van der Waals surface area contributed by atoms with Gasteiger partial charge in [0, 0.05) is 24.2 Å². The van der Waals surface area contributed by atoms with Crippen LogP contribution in [0, 0.1) is 12.8 Å². The molecule has 0 saturated carbocycles. The van der Waals surface area contributed by atoms with E-state index in [0.29, 0.717) is 0 Å². The SMILES string of the molecule is Cc1nc(CN(C)CC2CCN(CC(C)O)CC2)nc2ccccc12. The molecule has 0 amide bonds. The van der Waals surface area contributed by atoms with Crippen molar-refractivity contribution >= 4 is 10.9 Å². The van der Waals surface area contributed by atoms with Gasteiger partial charge in [0.1, 0.15) is 5.82 Å². The van der Waals surface area contributed by atoms with Crippen LogP contribution < -0.4 is 0 Å². The number of aliphatic hydroxyl groups is 1. The fourth-order valence-electron chi connectivity index (χ4n) is 3.84. The van der Waals surface area contributed by atoms with Crippen LogP contribution in [0.15, 0.2) is 24.3 Å². The summed E-state index contributed by atoms with van der Waals surface area (Å²) in [6.07, 6.45) is 2.18. The molecule has 0 radical (unpaired) electrons. The first kappa shape index (κ1) is 18.2. The number of likely N-dealkylation sites (tertiary alicyclic amines) is 1. The molecule has 0 spiro atoms. The van der Waals surface area contributed by atoms with Crippen molar-refractivity contribution in [2.24, 2.45) is 5.92 Å². The van der Waals surface area contributed by atoms with Crippen molar-refractivity contribution in [2.75, 3.05) is 33.2 Å². The summed E-state index contributed by atoms with van der Waals surface area (Å²) in [4.78, 5) is 14.1. The Morgan fingerprint density at radius 3 is 2.68 bits per heavy atom. The van der Waals surface area contributed by atoms with Gasteiger partial charge in [-0.05, 0) is 58.8 Å². The van der Waals surface area contributed by atoms with E-state index in [1.165, 1.54) is 12.8 Å². The third kappa shape index (κ3) is 4.97. The Hall–Kier alpha value is -1.56. The Bertz CT molecular complexity index is 695. The van der Waals surface area contributed by atoms with E-state index in [9.17, 15) is 5.11 Å². The van der Waals surface area contributed by atoms with Crippen LogP contribution in [0.25, 0.3) is 10.9 Å². The fourth-order valence-corrected chi connectivity index (χ4v) is 3.84. The standard InChI is InChI=1S/C20H30N4O/c1-15(25)12-24-10-8-17(9-11-24)13-23(3)14-20-21-16(2)18-6-4-5-7-19(18)22-20/h4-7,15,17,25H,8-14H2,1-3H3. The normalized spacial score (nSPS) is 18.1. The van der Waals surface area contributed by atoms with Crippen LogP contribution in [0.2, 0.25) is 0 Å². The number of hydrogen-bond acceptors (Lipinski definition) is 5. The smallest absolute Gasteiger partial charge is 0.143 e. The molecule has 1 saturated heterocycles. The monoisotopic (exact) mass is 342 g/mol. The second-order valence-electron chi connectivity index (χ2n) is 7.53. The number of nitrogens with zero attached hydrogens (tertiary/aromatic N) is 4. The Morgan fingerprint density at radius 2 is 1.96 bits per heavy atom. The molecule has 136 valence electrons. The summed E-state index contributed by atoms with van der Waals surface area (Å²) in [6, 6.07) is 8.21. The first-order valence-corrected chi connectivity index (χ1v) is 9.32. The number of para-hydroxylation sites is 1. The second kappa shape index (κ2) is 8.21. The molecule has 1 aromatic carbocycles. The molecule has 3 rings (SSSR count). The highest BCUT2D eigenvalue weighted by molar-refractivity contribution is 5.80. The van der Waals surface area contributed by atoms with Gasteiger partial charge >= 0.3 is 0 Å². The fraction of sp³-hybridized carbons (Fsp3) is 0.600. The number of hydrogen-bond donors (Lipinski definition) is 1. The predicted octanol–water partition coefficient (Wildman–Crippen LogP) is 2.46. The van der Waals surface area contributed by atoms with Gasteiger partial charge in [-0.15, -0.1) is 0 Å². The lowest BCUT2D eigenvalue weighted by Crippen LogP contribution is -2.40. The van der Waals surface area contributed by atoms with Crippen LogP contribution in [0.1, 0.15) is 31.3 Å².